The van der Waals surface area contributed by atoms with E-state index >= 15 is 0 Å². The molecule has 2 heterocycles. The first-order valence-corrected chi connectivity index (χ1v) is 8.63. The highest BCUT2D eigenvalue weighted by Gasteiger charge is 2.21. The lowest BCUT2D eigenvalue weighted by molar-refractivity contribution is 0.130. The van der Waals surface area contributed by atoms with E-state index in [9.17, 15) is 4.79 Å². The molecule has 1 aromatic heterocycles. The van der Waals surface area contributed by atoms with Gasteiger partial charge in [0.2, 0.25) is 0 Å². The van der Waals surface area contributed by atoms with Crippen LogP contribution in [0.15, 0.2) is 53.1 Å². The molecule has 1 fully saturated rings. The van der Waals surface area contributed by atoms with Gasteiger partial charge in [0.15, 0.2) is 0 Å². The van der Waals surface area contributed by atoms with Crippen molar-refractivity contribution < 1.29 is 9.21 Å². The topological polar surface area (TPSA) is 48.7 Å². The number of benzene rings is 1. The minimum absolute atomic E-state index is 0.0562. The van der Waals surface area contributed by atoms with Crippen molar-refractivity contribution in [2.24, 2.45) is 0 Å². The van der Waals surface area contributed by atoms with Crippen molar-refractivity contribution >= 4 is 6.03 Å². The molecule has 1 aliphatic heterocycles. The number of carbonyl (C=O) groups excluding carboxylic acids is 1. The Balaban J connectivity index is 1.32. The van der Waals surface area contributed by atoms with Crippen molar-refractivity contribution in [3.63, 3.8) is 0 Å². The SMILES string of the molecule is O=C(NCCCc1ccccc1)N1CCN(Cc2ccco2)CC1. The number of aryl methyl sites for hydroxylation is 1. The highest BCUT2D eigenvalue weighted by Crippen LogP contribution is 2.09. The third-order valence-electron chi connectivity index (χ3n) is 4.38. The third kappa shape index (κ3) is 4.86. The summed E-state index contributed by atoms with van der Waals surface area (Å²) in [5, 5.41) is 3.03. The molecule has 5 heteroatoms. The summed E-state index contributed by atoms with van der Waals surface area (Å²) in [6.45, 7) is 4.85. The van der Waals surface area contributed by atoms with Gasteiger partial charge in [0.05, 0.1) is 12.8 Å². The van der Waals surface area contributed by atoms with Crippen LogP contribution >= 0.6 is 0 Å². The van der Waals surface area contributed by atoms with E-state index in [4.69, 9.17) is 4.42 Å². The van der Waals surface area contributed by atoms with Gasteiger partial charge >= 0.3 is 6.03 Å². The van der Waals surface area contributed by atoms with Crippen LogP contribution in [0, 0.1) is 0 Å². The number of nitrogens with zero attached hydrogens (tertiary/aromatic N) is 2. The van der Waals surface area contributed by atoms with Crippen LogP contribution in [-0.4, -0.2) is 48.6 Å². The van der Waals surface area contributed by atoms with E-state index in [1.54, 1.807) is 6.26 Å². The van der Waals surface area contributed by atoms with E-state index in [0.717, 1.165) is 57.9 Å². The van der Waals surface area contributed by atoms with Gasteiger partial charge in [-0.15, -0.1) is 0 Å². The monoisotopic (exact) mass is 327 g/mol. The van der Waals surface area contributed by atoms with Crippen LogP contribution in [-0.2, 0) is 13.0 Å². The van der Waals surface area contributed by atoms with Crippen LogP contribution in [0.3, 0.4) is 0 Å². The Labute approximate surface area is 143 Å². The summed E-state index contributed by atoms with van der Waals surface area (Å²) in [7, 11) is 0. The maximum Gasteiger partial charge on any atom is 0.317 e. The maximum absolute atomic E-state index is 12.2. The first-order chi connectivity index (χ1) is 11.8. The fourth-order valence-electron chi connectivity index (χ4n) is 2.98. The number of carbonyl (C=O) groups is 1. The maximum atomic E-state index is 12.2. The van der Waals surface area contributed by atoms with Gasteiger partial charge in [-0.1, -0.05) is 30.3 Å². The zero-order chi connectivity index (χ0) is 16.6. The molecule has 2 aromatic rings. The van der Waals surface area contributed by atoms with E-state index in [2.05, 4.69) is 34.5 Å². The Morgan fingerprint density at radius 3 is 2.54 bits per heavy atom. The van der Waals surface area contributed by atoms with Gasteiger partial charge in [-0.2, -0.15) is 0 Å². The van der Waals surface area contributed by atoms with Crippen LogP contribution in [0.4, 0.5) is 4.79 Å². The molecule has 0 saturated carbocycles. The van der Waals surface area contributed by atoms with Gasteiger partial charge in [0, 0.05) is 32.7 Å². The zero-order valence-corrected chi connectivity index (χ0v) is 14.0. The average Bonchev–Trinajstić information content (AvgIpc) is 3.13. The summed E-state index contributed by atoms with van der Waals surface area (Å²) in [5.74, 6) is 0.980. The van der Waals surface area contributed by atoms with Gasteiger partial charge < -0.3 is 14.6 Å². The molecule has 5 nitrogen and oxygen atoms in total. The molecule has 3 rings (SSSR count). The number of hydrogen-bond donors (Lipinski definition) is 1. The van der Waals surface area contributed by atoms with Gasteiger partial charge in [-0.05, 0) is 30.5 Å². The molecule has 0 aliphatic carbocycles. The molecule has 1 N–H and O–H groups in total. The average molecular weight is 327 g/mol. The summed E-state index contributed by atoms with van der Waals surface area (Å²) in [5.41, 5.74) is 1.32. The van der Waals surface area contributed by atoms with Crippen molar-refractivity contribution in [1.29, 1.82) is 0 Å². The largest absolute Gasteiger partial charge is 0.468 e. The second-order valence-corrected chi connectivity index (χ2v) is 6.16. The van der Waals surface area contributed by atoms with Crippen LogP contribution in [0.1, 0.15) is 17.7 Å². The van der Waals surface area contributed by atoms with Crippen molar-refractivity contribution in [2.45, 2.75) is 19.4 Å². The van der Waals surface area contributed by atoms with Crippen LogP contribution < -0.4 is 5.32 Å². The highest BCUT2D eigenvalue weighted by atomic mass is 16.3. The molecule has 0 spiro atoms. The quantitative estimate of drug-likeness (QED) is 0.830. The summed E-state index contributed by atoms with van der Waals surface area (Å²) in [6, 6.07) is 14.3. The Bertz CT molecular complexity index is 605. The molecule has 2 amide bonds. The molecule has 1 saturated heterocycles. The molecule has 0 radical (unpaired) electrons. The first-order valence-electron chi connectivity index (χ1n) is 8.63. The van der Waals surface area contributed by atoms with Gasteiger partial charge in [0.25, 0.3) is 0 Å². The molecule has 0 unspecified atom stereocenters. The Morgan fingerprint density at radius 2 is 1.83 bits per heavy atom. The Morgan fingerprint density at radius 1 is 1.04 bits per heavy atom. The lowest BCUT2D eigenvalue weighted by Gasteiger charge is -2.34. The molecule has 128 valence electrons. The second-order valence-electron chi connectivity index (χ2n) is 6.16. The summed E-state index contributed by atoms with van der Waals surface area (Å²) < 4.78 is 5.38. The van der Waals surface area contributed by atoms with Crippen LogP contribution in [0.25, 0.3) is 0 Å². The lowest BCUT2D eigenvalue weighted by Crippen LogP contribution is -2.51. The number of urea groups is 1. The van der Waals surface area contributed by atoms with Crippen molar-refractivity contribution in [3.8, 4) is 0 Å². The van der Waals surface area contributed by atoms with E-state index in [1.807, 2.05) is 23.1 Å². The molecule has 1 aromatic carbocycles. The number of furan rings is 1. The Hall–Kier alpha value is -2.27. The highest BCUT2D eigenvalue weighted by molar-refractivity contribution is 5.74. The number of piperazine rings is 1. The molecule has 0 atom stereocenters. The molecular weight excluding hydrogens is 302 g/mol. The first kappa shape index (κ1) is 16.6. The van der Waals surface area contributed by atoms with Crippen molar-refractivity contribution in [1.82, 2.24) is 15.1 Å². The van der Waals surface area contributed by atoms with E-state index in [0.29, 0.717) is 0 Å². The predicted molar refractivity (Wildman–Crippen MR) is 93.7 cm³/mol. The van der Waals surface area contributed by atoms with E-state index in [1.165, 1.54) is 5.56 Å². The van der Waals surface area contributed by atoms with Crippen molar-refractivity contribution in [3.05, 3.63) is 60.1 Å². The molecule has 1 aliphatic rings. The van der Waals surface area contributed by atoms with Crippen LogP contribution in [0.5, 0.6) is 0 Å². The Kier molecular flexibility index (Phi) is 5.90. The number of rotatable bonds is 6. The summed E-state index contributed by atoms with van der Waals surface area (Å²) in [6.07, 6.45) is 3.67. The molecular formula is C19H25N3O2. The third-order valence-corrected chi connectivity index (χ3v) is 4.38. The standard InChI is InChI=1S/C19H25N3O2/c23-19(20-10-4-8-17-6-2-1-3-7-17)22-13-11-21(12-14-22)16-18-9-5-15-24-18/h1-3,5-7,9,15H,4,8,10-14,16H2,(H,20,23). The van der Waals surface area contributed by atoms with Crippen molar-refractivity contribution in [2.75, 3.05) is 32.7 Å². The van der Waals surface area contributed by atoms with Gasteiger partial charge in [-0.25, -0.2) is 4.79 Å². The lowest BCUT2D eigenvalue weighted by atomic mass is 10.1. The minimum Gasteiger partial charge on any atom is -0.468 e. The normalized spacial score (nSPS) is 15.4. The molecule has 24 heavy (non-hydrogen) atoms. The zero-order valence-electron chi connectivity index (χ0n) is 14.0. The predicted octanol–water partition coefficient (Wildman–Crippen LogP) is 2.74. The summed E-state index contributed by atoms with van der Waals surface area (Å²) in [4.78, 5) is 16.4. The number of nitrogens with one attached hydrogen (secondary N) is 1. The smallest absolute Gasteiger partial charge is 0.317 e. The minimum atomic E-state index is 0.0562. The van der Waals surface area contributed by atoms with Gasteiger partial charge in [0.1, 0.15) is 5.76 Å². The summed E-state index contributed by atoms with van der Waals surface area (Å²) >= 11 is 0. The molecule has 0 bridgehead atoms. The number of amides is 2. The van der Waals surface area contributed by atoms with E-state index < -0.39 is 0 Å². The van der Waals surface area contributed by atoms with Gasteiger partial charge in [-0.3, -0.25) is 4.90 Å². The fraction of sp³-hybridized carbons (Fsp3) is 0.421. The van der Waals surface area contributed by atoms with E-state index in [-0.39, 0.29) is 6.03 Å². The second kappa shape index (κ2) is 8.55. The fourth-order valence-corrected chi connectivity index (χ4v) is 2.98. The van der Waals surface area contributed by atoms with Crippen LogP contribution in [0.2, 0.25) is 0 Å². The number of hydrogen-bond acceptors (Lipinski definition) is 3.